The Hall–Kier alpha value is -2.53. The summed E-state index contributed by atoms with van der Waals surface area (Å²) in [5, 5.41) is 17.8. The lowest BCUT2D eigenvalue weighted by Crippen LogP contribution is -2.05. The van der Waals surface area contributed by atoms with E-state index in [1.165, 1.54) is 12.1 Å². The molecule has 0 atom stereocenters. The van der Waals surface area contributed by atoms with Crippen molar-refractivity contribution in [1.29, 1.82) is 0 Å². The predicted octanol–water partition coefficient (Wildman–Crippen LogP) is 3.11. The lowest BCUT2D eigenvalue weighted by Gasteiger charge is -2.10. The number of rotatable bonds is 4. The van der Waals surface area contributed by atoms with Crippen LogP contribution in [0.25, 0.3) is 5.69 Å². The second-order valence-corrected chi connectivity index (χ2v) is 5.70. The first-order chi connectivity index (χ1) is 11.1. The van der Waals surface area contributed by atoms with Crippen LogP contribution in [0.5, 0.6) is 0 Å². The van der Waals surface area contributed by atoms with E-state index in [-0.39, 0.29) is 12.4 Å². The van der Waals surface area contributed by atoms with Crippen LogP contribution in [0.3, 0.4) is 0 Å². The molecule has 5 heteroatoms. The molecule has 23 heavy (non-hydrogen) atoms. The number of aryl methyl sites for hydroxylation is 2. The van der Waals surface area contributed by atoms with Crippen LogP contribution >= 0.6 is 0 Å². The van der Waals surface area contributed by atoms with Crippen molar-refractivity contribution in [1.82, 2.24) is 15.0 Å². The van der Waals surface area contributed by atoms with Crippen molar-refractivity contribution >= 4 is 0 Å². The summed E-state index contributed by atoms with van der Waals surface area (Å²) in [5.41, 5.74) is 5.46. The number of aromatic nitrogens is 3. The number of aliphatic hydroxyl groups excluding tert-OH is 1. The fourth-order valence-electron chi connectivity index (χ4n) is 2.71. The molecule has 0 amide bonds. The maximum Gasteiger partial charge on any atom is 0.123 e. The summed E-state index contributed by atoms with van der Waals surface area (Å²) in [4.78, 5) is 0. The average Bonchev–Trinajstić information content (AvgIpc) is 2.91. The van der Waals surface area contributed by atoms with Crippen LogP contribution in [0.2, 0.25) is 0 Å². The summed E-state index contributed by atoms with van der Waals surface area (Å²) < 4.78 is 14.8. The number of benzene rings is 2. The van der Waals surface area contributed by atoms with E-state index in [1.54, 1.807) is 16.8 Å². The van der Waals surface area contributed by atoms with Gasteiger partial charge in [-0.1, -0.05) is 23.4 Å². The topological polar surface area (TPSA) is 50.9 Å². The van der Waals surface area contributed by atoms with Crippen LogP contribution in [0.1, 0.15) is 28.1 Å². The Morgan fingerprint density at radius 2 is 1.70 bits per heavy atom. The molecular weight excluding hydrogens is 293 g/mol. The van der Waals surface area contributed by atoms with E-state index in [2.05, 4.69) is 16.4 Å². The summed E-state index contributed by atoms with van der Waals surface area (Å²) in [7, 11) is 0. The Morgan fingerprint density at radius 1 is 1.04 bits per heavy atom. The number of hydrogen-bond donors (Lipinski definition) is 1. The molecule has 0 spiro atoms. The molecule has 0 aliphatic heterocycles. The molecule has 2 aromatic carbocycles. The monoisotopic (exact) mass is 311 g/mol. The lowest BCUT2D eigenvalue weighted by atomic mass is 10.1. The summed E-state index contributed by atoms with van der Waals surface area (Å²) in [6.07, 6.45) is 0.524. The molecule has 0 aliphatic rings. The molecule has 4 nitrogen and oxygen atoms in total. The molecule has 1 N–H and O–H groups in total. The maximum absolute atomic E-state index is 13.1. The fourth-order valence-corrected chi connectivity index (χ4v) is 2.71. The van der Waals surface area contributed by atoms with Crippen molar-refractivity contribution in [2.45, 2.75) is 26.9 Å². The van der Waals surface area contributed by atoms with Gasteiger partial charge in [-0.3, -0.25) is 0 Å². The van der Waals surface area contributed by atoms with Crippen LogP contribution in [0.4, 0.5) is 4.39 Å². The lowest BCUT2D eigenvalue weighted by molar-refractivity contribution is 0.275. The Morgan fingerprint density at radius 3 is 2.30 bits per heavy atom. The third-order valence-corrected chi connectivity index (χ3v) is 3.73. The smallest absolute Gasteiger partial charge is 0.123 e. The van der Waals surface area contributed by atoms with Gasteiger partial charge in [0.1, 0.15) is 11.5 Å². The highest BCUT2D eigenvalue weighted by molar-refractivity contribution is 5.41. The Kier molecular flexibility index (Phi) is 4.21. The summed E-state index contributed by atoms with van der Waals surface area (Å²) in [5.74, 6) is -0.267. The highest BCUT2D eigenvalue weighted by Crippen LogP contribution is 2.19. The van der Waals surface area contributed by atoms with Crippen LogP contribution in [0, 0.1) is 19.7 Å². The molecule has 0 unspecified atom stereocenters. The van der Waals surface area contributed by atoms with Gasteiger partial charge in [0.2, 0.25) is 0 Å². The van der Waals surface area contributed by atoms with E-state index in [9.17, 15) is 9.50 Å². The number of hydrogen-bond acceptors (Lipinski definition) is 3. The summed E-state index contributed by atoms with van der Waals surface area (Å²) >= 11 is 0. The SMILES string of the molecule is Cc1cc(C)cc(-n2nnc(CO)c2Cc2ccc(F)cc2)c1. The highest BCUT2D eigenvalue weighted by Gasteiger charge is 2.15. The molecule has 118 valence electrons. The highest BCUT2D eigenvalue weighted by atomic mass is 19.1. The molecule has 0 saturated heterocycles. The molecule has 3 aromatic rings. The van der Waals surface area contributed by atoms with Gasteiger partial charge in [-0.05, 0) is 54.8 Å². The molecule has 1 heterocycles. The second-order valence-electron chi connectivity index (χ2n) is 5.70. The maximum atomic E-state index is 13.1. The van der Waals surface area contributed by atoms with Gasteiger partial charge < -0.3 is 5.11 Å². The van der Waals surface area contributed by atoms with Gasteiger partial charge in [-0.15, -0.1) is 5.10 Å². The van der Waals surface area contributed by atoms with Crippen molar-refractivity contribution in [3.8, 4) is 5.69 Å². The van der Waals surface area contributed by atoms with Crippen LogP contribution < -0.4 is 0 Å². The van der Waals surface area contributed by atoms with Crippen molar-refractivity contribution in [2.75, 3.05) is 0 Å². The Balaban J connectivity index is 2.04. The van der Waals surface area contributed by atoms with Crippen LogP contribution in [-0.4, -0.2) is 20.1 Å². The van der Waals surface area contributed by atoms with E-state index < -0.39 is 0 Å². The van der Waals surface area contributed by atoms with Crippen LogP contribution in [0.15, 0.2) is 42.5 Å². The zero-order chi connectivity index (χ0) is 16.4. The standard InChI is InChI=1S/C18H18FN3O/c1-12-7-13(2)9-16(8-12)22-18(17(11-23)20-21-22)10-14-3-5-15(19)6-4-14/h3-9,23H,10-11H2,1-2H3. The van der Waals surface area contributed by atoms with Gasteiger partial charge in [-0.25, -0.2) is 9.07 Å². The van der Waals surface area contributed by atoms with Gasteiger partial charge >= 0.3 is 0 Å². The van der Waals surface area contributed by atoms with Gasteiger partial charge in [0.05, 0.1) is 18.0 Å². The molecular formula is C18H18FN3O. The minimum absolute atomic E-state index is 0.179. The summed E-state index contributed by atoms with van der Waals surface area (Å²) in [6, 6.07) is 12.5. The van der Waals surface area contributed by atoms with E-state index in [4.69, 9.17) is 0 Å². The van der Waals surface area contributed by atoms with Crippen molar-refractivity contribution in [3.05, 3.63) is 76.4 Å². The molecule has 0 fully saturated rings. The molecule has 3 rings (SSSR count). The minimum atomic E-state index is -0.267. The molecule has 0 aliphatic carbocycles. The molecule has 1 aromatic heterocycles. The van der Waals surface area contributed by atoms with E-state index >= 15 is 0 Å². The largest absolute Gasteiger partial charge is 0.390 e. The zero-order valence-corrected chi connectivity index (χ0v) is 13.1. The van der Waals surface area contributed by atoms with Crippen molar-refractivity contribution in [2.24, 2.45) is 0 Å². The van der Waals surface area contributed by atoms with E-state index in [0.717, 1.165) is 28.1 Å². The molecule has 0 saturated carbocycles. The first-order valence-corrected chi connectivity index (χ1v) is 7.44. The third kappa shape index (κ3) is 3.29. The number of nitrogens with zero attached hydrogens (tertiary/aromatic N) is 3. The first-order valence-electron chi connectivity index (χ1n) is 7.44. The predicted molar refractivity (Wildman–Crippen MR) is 86.0 cm³/mol. The fraction of sp³-hybridized carbons (Fsp3) is 0.222. The average molecular weight is 311 g/mol. The first kappa shape index (κ1) is 15.4. The van der Waals surface area contributed by atoms with Gasteiger partial charge in [0.25, 0.3) is 0 Å². The van der Waals surface area contributed by atoms with E-state index in [0.29, 0.717) is 12.1 Å². The number of halogens is 1. The molecule has 0 radical (unpaired) electrons. The molecule has 0 bridgehead atoms. The van der Waals surface area contributed by atoms with Gasteiger partial charge in [-0.2, -0.15) is 0 Å². The summed E-state index contributed by atoms with van der Waals surface area (Å²) in [6.45, 7) is 3.88. The Labute approximate surface area is 134 Å². The third-order valence-electron chi connectivity index (χ3n) is 3.73. The quantitative estimate of drug-likeness (QED) is 0.805. The van der Waals surface area contributed by atoms with Gasteiger partial charge in [0.15, 0.2) is 0 Å². The van der Waals surface area contributed by atoms with E-state index in [1.807, 2.05) is 26.0 Å². The normalized spacial score (nSPS) is 11.0. The second kappa shape index (κ2) is 6.30. The van der Waals surface area contributed by atoms with Crippen molar-refractivity contribution < 1.29 is 9.50 Å². The van der Waals surface area contributed by atoms with Gasteiger partial charge in [0, 0.05) is 6.42 Å². The Bertz CT molecular complexity index is 805. The van der Waals surface area contributed by atoms with Crippen molar-refractivity contribution in [3.63, 3.8) is 0 Å². The zero-order valence-electron chi connectivity index (χ0n) is 13.1. The number of aliphatic hydroxyl groups is 1. The van der Waals surface area contributed by atoms with Crippen LogP contribution in [-0.2, 0) is 13.0 Å². The minimum Gasteiger partial charge on any atom is -0.390 e.